The summed E-state index contributed by atoms with van der Waals surface area (Å²) >= 11 is 0. The van der Waals surface area contributed by atoms with E-state index in [1.54, 1.807) is 0 Å². The van der Waals surface area contributed by atoms with Gasteiger partial charge in [-0.3, -0.25) is 0 Å². The Kier molecular flexibility index (Phi) is 4.16. The third kappa shape index (κ3) is 3.34. The van der Waals surface area contributed by atoms with Crippen molar-refractivity contribution in [1.29, 1.82) is 0 Å². The number of carbonyl (C=O) groups is 1. The molecule has 0 fully saturated rings. The highest BCUT2D eigenvalue weighted by molar-refractivity contribution is 5.90. The maximum Gasteiger partial charge on any atom is 0.338 e. The zero-order valence-electron chi connectivity index (χ0n) is 11.1. The number of hydrogen-bond donors (Lipinski definition) is 1. The maximum absolute atomic E-state index is 13.5. The lowest BCUT2D eigenvalue weighted by molar-refractivity contribution is 0.0468. The van der Waals surface area contributed by atoms with E-state index in [-0.39, 0.29) is 22.4 Å². The molecule has 0 aromatic heterocycles. The molecule has 2 aromatic carbocycles. The number of rotatable bonds is 3. The van der Waals surface area contributed by atoms with Crippen LogP contribution in [-0.2, 0) is 11.3 Å². The third-order valence-corrected chi connectivity index (χ3v) is 2.99. The van der Waals surface area contributed by atoms with E-state index in [4.69, 9.17) is 10.5 Å². The Morgan fingerprint density at radius 1 is 1.14 bits per heavy atom. The van der Waals surface area contributed by atoms with Crippen LogP contribution in [0.25, 0.3) is 0 Å². The Balaban J connectivity index is 2.13. The van der Waals surface area contributed by atoms with Crippen LogP contribution >= 0.6 is 0 Å². The molecule has 3 nitrogen and oxygen atoms in total. The molecule has 6 heteroatoms. The smallest absolute Gasteiger partial charge is 0.338 e. The van der Waals surface area contributed by atoms with E-state index in [0.717, 1.165) is 24.3 Å². The first kappa shape index (κ1) is 14.9. The highest BCUT2D eigenvalue weighted by Gasteiger charge is 2.14. The summed E-state index contributed by atoms with van der Waals surface area (Å²) in [7, 11) is 0. The molecule has 0 spiro atoms. The number of anilines is 1. The van der Waals surface area contributed by atoms with Crippen LogP contribution in [0.2, 0.25) is 0 Å². The first-order valence-corrected chi connectivity index (χ1v) is 6.05. The van der Waals surface area contributed by atoms with Crippen LogP contribution < -0.4 is 5.73 Å². The summed E-state index contributed by atoms with van der Waals surface area (Å²) in [6.45, 7) is 1.01. The van der Waals surface area contributed by atoms with Gasteiger partial charge in [-0.1, -0.05) is 0 Å². The molecular weight excluding hydrogens is 283 g/mol. The molecule has 0 amide bonds. The molecule has 0 saturated carbocycles. The number of hydrogen-bond acceptors (Lipinski definition) is 3. The zero-order valence-corrected chi connectivity index (χ0v) is 11.1. The number of halogens is 3. The predicted molar refractivity (Wildman–Crippen MR) is 71.0 cm³/mol. The molecule has 110 valence electrons. The molecular formula is C15H12F3NO2. The van der Waals surface area contributed by atoms with E-state index in [0.29, 0.717) is 0 Å². The van der Waals surface area contributed by atoms with Gasteiger partial charge in [-0.05, 0) is 37.3 Å². The molecule has 0 saturated heterocycles. The largest absolute Gasteiger partial charge is 0.457 e. The van der Waals surface area contributed by atoms with Gasteiger partial charge >= 0.3 is 5.97 Å². The van der Waals surface area contributed by atoms with Crippen molar-refractivity contribution in [1.82, 2.24) is 0 Å². The highest BCUT2D eigenvalue weighted by atomic mass is 19.1. The second-order valence-electron chi connectivity index (χ2n) is 4.48. The third-order valence-electron chi connectivity index (χ3n) is 2.99. The number of nitrogen functional groups attached to an aromatic ring is 1. The Bertz CT molecular complexity index is 678. The second-order valence-corrected chi connectivity index (χ2v) is 4.48. The van der Waals surface area contributed by atoms with E-state index >= 15 is 0 Å². The van der Waals surface area contributed by atoms with Gasteiger partial charge in [0.25, 0.3) is 0 Å². The Morgan fingerprint density at radius 2 is 1.86 bits per heavy atom. The molecule has 0 aliphatic heterocycles. The van der Waals surface area contributed by atoms with E-state index < -0.39 is 30.0 Å². The maximum atomic E-state index is 13.5. The molecule has 0 atom stereocenters. The minimum Gasteiger partial charge on any atom is -0.457 e. The van der Waals surface area contributed by atoms with Gasteiger partial charge < -0.3 is 10.5 Å². The van der Waals surface area contributed by atoms with Crippen LogP contribution in [0.1, 0.15) is 21.5 Å². The van der Waals surface area contributed by atoms with Crippen LogP contribution in [0, 0.1) is 24.4 Å². The molecule has 0 aliphatic carbocycles. The molecule has 0 unspecified atom stereocenters. The second kappa shape index (κ2) is 5.87. The quantitative estimate of drug-likeness (QED) is 0.698. The van der Waals surface area contributed by atoms with Crippen LogP contribution in [0.5, 0.6) is 0 Å². The number of nitrogens with two attached hydrogens (primary N) is 1. The lowest BCUT2D eigenvalue weighted by Gasteiger charge is -2.08. The Labute approximate surface area is 119 Å². The van der Waals surface area contributed by atoms with Crippen LogP contribution in [0.15, 0.2) is 30.3 Å². The van der Waals surface area contributed by atoms with E-state index in [2.05, 4.69) is 0 Å². The standard InChI is InChI=1S/C15H12F3NO2/c1-8-13(18)5-9(6-14(8)19)15(20)21-7-10-4-11(16)2-3-12(10)17/h2-6H,7,19H2,1H3. The number of carbonyl (C=O) groups excluding carboxylic acids is 1. The van der Waals surface area contributed by atoms with Crippen molar-refractivity contribution >= 4 is 11.7 Å². The summed E-state index contributed by atoms with van der Waals surface area (Å²) < 4.78 is 44.7. The fourth-order valence-electron chi connectivity index (χ4n) is 1.70. The molecule has 21 heavy (non-hydrogen) atoms. The highest BCUT2D eigenvalue weighted by Crippen LogP contribution is 2.19. The SMILES string of the molecule is Cc1c(N)cc(C(=O)OCc2cc(F)ccc2F)cc1F. The summed E-state index contributed by atoms with van der Waals surface area (Å²) in [5, 5.41) is 0. The Hall–Kier alpha value is -2.50. The predicted octanol–water partition coefficient (Wildman–Crippen LogP) is 3.35. The molecule has 0 aliphatic rings. The average Bonchev–Trinajstić information content (AvgIpc) is 2.44. The average molecular weight is 295 g/mol. The molecule has 0 radical (unpaired) electrons. The van der Waals surface area contributed by atoms with Gasteiger partial charge in [0.15, 0.2) is 0 Å². The molecule has 2 aromatic rings. The first-order chi connectivity index (χ1) is 9.88. The van der Waals surface area contributed by atoms with Crippen molar-refractivity contribution < 1.29 is 22.7 Å². The van der Waals surface area contributed by atoms with Crippen molar-refractivity contribution in [2.75, 3.05) is 5.73 Å². The van der Waals surface area contributed by atoms with Crippen molar-refractivity contribution in [3.05, 3.63) is 64.5 Å². The van der Waals surface area contributed by atoms with Crippen LogP contribution in [-0.4, -0.2) is 5.97 Å². The van der Waals surface area contributed by atoms with Gasteiger partial charge in [0.2, 0.25) is 0 Å². The molecule has 0 bridgehead atoms. The monoisotopic (exact) mass is 295 g/mol. The fraction of sp³-hybridized carbons (Fsp3) is 0.133. The summed E-state index contributed by atoms with van der Waals surface area (Å²) in [4.78, 5) is 11.8. The Morgan fingerprint density at radius 3 is 2.52 bits per heavy atom. The summed E-state index contributed by atoms with van der Waals surface area (Å²) in [5.74, 6) is -2.85. The van der Waals surface area contributed by atoms with Gasteiger partial charge in [-0.2, -0.15) is 0 Å². The lowest BCUT2D eigenvalue weighted by atomic mass is 10.1. The molecule has 2 rings (SSSR count). The van der Waals surface area contributed by atoms with Crippen molar-refractivity contribution in [3.8, 4) is 0 Å². The summed E-state index contributed by atoms with van der Waals surface area (Å²) in [5.41, 5.74) is 5.69. The van der Waals surface area contributed by atoms with Gasteiger partial charge in [-0.25, -0.2) is 18.0 Å². The zero-order chi connectivity index (χ0) is 15.6. The first-order valence-electron chi connectivity index (χ1n) is 6.05. The lowest BCUT2D eigenvalue weighted by Crippen LogP contribution is -2.08. The summed E-state index contributed by atoms with van der Waals surface area (Å²) in [6.07, 6.45) is 0. The van der Waals surface area contributed by atoms with E-state index in [1.165, 1.54) is 13.0 Å². The summed E-state index contributed by atoms with van der Waals surface area (Å²) in [6, 6.07) is 5.06. The van der Waals surface area contributed by atoms with E-state index in [1.807, 2.05) is 0 Å². The number of benzene rings is 2. The molecule has 0 heterocycles. The van der Waals surface area contributed by atoms with Gasteiger partial charge in [0.05, 0.1) is 5.56 Å². The minimum absolute atomic E-state index is 0.0904. The van der Waals surface area contributed by atoms with Crippen LogP contribution in [0.3, 0.4) is 0 Å². The van der Waals surface area contributed by atoms with Crippen LogP contribution in [0.4, 0.5) is 18.9 Å². The van der Waals surface area contributed by atoms with Gasteiger partial charge in [0.1, 0.15) is 24.1 Å². The van der Waals surface area contributed by atoms with E-state index in [9.17, 15) is 18.0 Å². The fourth-order valence-corrected chi connectivity index (χ4v) is 1.70. The normalized spacial score (nSPS) is 10.5. The van der Waals surface area contributed by atoms with Gasteiger partial charge in [-0.15, -0.1) is 0 Å². The molecule has 2 N–H and O–H groups in total. The van der Waals surface area contributed by atoms with Crippen molar-refractivity contribution in [3.63, 3.8) is 0 Å². The number of esters is 1. The van der Waals surface area contributed by atoms with Crippen molar-refractivity contribution in [2.24, 2.45) is 0 Å². The van der Waals surface area contributed by atoms with Crippen molar-refractivity contribution in [2.45, 2.75) is 13.5 Å². The topological polar surface area (TPSA) is 52.3 Å². The minimum atomic E-state index is -0.871. The number of ether oxygens (including phenoxy) is 1. The van der Waals surface area contributed by atoms with Gasteiger partial charge in [0, 0.05) is 16.8 Å².